The van der Waals surface area contributed by atoms with E-state index in [1.807, 2.05) is 0 Å². The minimum atomic E-state index is -4.65. The number of carboxylic acids is 1. The third kappa shape index (κ3) is 2.36. The fourth-order valence-corrected chi connectivity index (χ4v) is 2.27. The normalized spacial score (nSPS) is 19.4. The highest BCUT2D eigenvalue weighted by Gasteiger charge is 2.47. The summed E-state index contributed by atoms with van der Waals surface area (Å²) in [6, 6.07) is 1.75. The number of halogens is 3. The summed E-state index contributed by atoms with van der Waals surface area (Å²) in [4.78, 5) is 22.6. The number of carbonyl (C=O) groups is 2. The molecule has 1 aromatic heterocycles. The number of Topliss-reactive ketones (excluding diaryl/α,β-unsaturated/α-hetero) is 1. The van der Waals surface area contributed by atoms with Crippen LogP contribution in [-0.2, 0) is 21.2 Å². The standard InChI is InChI=1S/C12H11F3O4/c13-12(14,15)9-2-1-8(19-9)11(10(17)18)5-3-7(16)4-6-11/h1-2H,3-6H2,(H,17,18). The van der Waals surface area contributed by atoms with Gasteiger partial charge in [0, 0.05) is 12.8 Å². The first kappa shape index (κ1) is 13.6. The van der Waals surface area contributed by atoms with Gasteiger partial charge in [-0.3, -0.25) is 9.59 Å². The van der Waals surface area contributed by atoms with E-state index >= 15 is 0 Å². The first-order chi connectivity index (χ1) is 8.75. The summed E-state index contributed by atoms with van der Waals surface area (Å²) in [6.07, 6.45) is -4.65. The summed E-state index contributed by atoms with van der Waals surface area (Å²) in [5.41, 5.74) is -1.53. The van der Waals surface area contributed by atoms with Crippen LogP contribution < -0.4 is 0 Å². The quantitative estimate of drug-likeness (QED) is 0.901. The Kier molecular flexibility index (Phi) is 3.15. The van der Waals surface area contributed by atoms with E-state index in [2.05, 4.69) is 4.42 Å². The zero-order valence-electron chi connectivity index (χ0n) is 9.79. The molecular formula is C12H11F3O4. The van der Waals surface area contributed by atoms with Gasteiger partial charge in [0.05, 0.1) is 0 Å². The molecule has 104 valence electrons. The maximum atomic E-state index is 12.5. The van der Waals surface area contributed by atoms with Crippen molar-refractivity contribution in [2.75, 3.05) is 0 Å². The van der Waals surface area contributed by atoms with Gasteiger partial charge in [-0.25, -0.2) is 0 Å². The molecule has 2 rings (SSSR count). The Hall–Kier alpha value is -1.79. The predicted octanol–water partition coefficient (Wildman–Crippen LogP) is 2.76. The van der Waals surface area contributed by atoms with Gasteiger partial charge in [0.2, 0.25) is 5.76 Å². The molecule has 0 atom stereocenters. The minimum Gasteiger partial charge on any atom is -0.480 e. The lowest BCUT2D eigenvalue weighted by atomic mass is 9.72. The molecule has 1 aromatic rings. The maximum Gasteiger partial charge on any atom is 0.449 e. The Morgan fingerprint density at radius 2 is 1.84 bits per heavy atom. The van der Waals surface area contributed by atoms with Crippen LogP contribution in [0.2, 0.25) is 0 Å². The molecule has 0 bridgehead atoms. The molecule has 1 aliphatic carbocycles. The van der Waals surface area contributed by atoms with Crippen LogP contribution in [0, 0.1) is 0 Å². The van der Waals surface area contributed by atoms with Crippen LogP contribution in [0.4, 0.5) is 13.2 Å². The van der Waals surface area contributed by atoms with E-state index in [9.17, 15) is 27.9 Å². The molecule has 7 heteroatoms. The number of ketones is 1. The van der Waals surface area contributed by atoms with Crippen molar-refractivity contribution >= 4 is 11.8 Å². The van der Waals surface area contributed by atoms with E-state index in [1.54, 1.807) is 0 Å². The molecule has 1 heterocycles. The number of aliphatic carboxylic acids is 1. The van der Waals surface area contributed by atoms with Gasteiger partial charge in [-0.2, -0.15) is 13.2 Å². The van der Waals surface area contributed by atoms with Crippen LogP contribution in [0.5, 0.6) is 0 Å². The molecule has 4 nitrogen and oxygen atoms in total. The van der Waals surface area contributed by atoms with E-state index in [0.717, 1.165) is 12.1 Å². The van der Waals surface area contributed by atoms with Gasteiger partial charge in [-0.1, -0.05) is 0 Å². The van der Waals surface area contributed by atoms with Crippen LogP contribution in [0.15, 0.2) is 16.5 Å². The lowest BCUT2D eigenvalue weighted by molar-refractivity contribution is -0.156. The lowest BCUT2D eigenvalue weighted by Crippen LogP contribution is -2.39. The van der Waals surface area contributed by atoms with Crippen molar-refractivity contribution in [2.24, 2.45) is 0 Å². The van der Waals surface area contributed by atoms with Crippen LogP contribution >= 0.6 is 0 Å². The number of carboxylic acid groups (broad SMARTS) is 1. The lowest BCUT2D eigenvalue weighted by Gasteiger charge is -2.30. The summed E-state index contributed by atoms with van der Waals surface area (Å²) < 4.78 is 42.1. The third-order valence-corrected chi connectivity index (χ3v) is 3.43. The summed E-state index contributed by atoms with van der Waals surface area (Å²) in [7, 11) is 0. The zero-order chi connectivity index (χ0) is 14.3. The van der Waals surface area contributed by atoms with Crippen molar-refractivity contribution in [1.82, 2.24) is 0 Å². The largest absolute Gasteiger partial charge is 0.480 e. The second-order valence-corrected chi connectivity index (χ2v) is 4.59. The number of alkyl halides is 3. The first-order valence-electron chi connectivity index (χ1n) is 5.68. The molecule has 0 aliphatic heterocycles. The maximum absolute atomic E-state index is 12.5. The van der Waals surface area contributed by atoms with Crippen molar-refractivity contribution in [3.05, 3.63) is 23.7 Å². The topological polar surface area (TPSA) is 67.5 Å². The number of hydrogen-bond donors (Lipinski definition) is 1. The zero-order valence-corrected chi connectivity index (χ0v) is 9.79. The summed E-state index contributed by atoms with van der Waals surface area (Å²) in [5, 5.41) is 9.29. The van der Waals surface area contributed by atoms with Gasteiger partial charge in [0.15, 0.2) is 0 Å². The Labute approximate surface area is 106 Å². The molecular weight excluding hydrogens is 265 g/mol. The monoisotopic (exact) mass is 276 g/mol. The second-order valence-electron chi connectivity index (χ2n) is 4.59. The first-order valence-corrected chi connectivity index (χ1v) is 5.68. The highest BCUT2D eigenvalue weighted by Crippen LogP contribution is 2.41. The van der Waals surface area contributed by atoms with Gasteiger partial charge in [0.1, 0.15) is 17.0 Å². The van der Waals surface area contributed by atoms with E-state index in [0.29, 0.717) is 0 Å². The van der Waals surface area contributed by atoms with E-state index in [1.165, 1.54) is 0 Å². The Balaban J connectivity index is 2.38. The van der Waals surface area contributed by atoms with Gasteiger partial charge in [-0.15, -0.1) is 0 Å². The number of rotatable bonds is 2. The molecule has 0 saturated heterocycles. The van der Waals surface area contributed by atoms with Crippen molar-refractivity contribution in [1.29, 1.82) is 0 Å². The second kappa shape index (κ2) is 4.40. The fraction of sp³-hybridized carbons (Fsp3) is 0.500. The number of hydrogen-bond acceptors (Lipinski definition) is 3. The van der Waals surface area contributed by atoms with Crippen molar-refractivity contribution in [3.8, 4) is 0 Å². The highest BCUT2D eigenvalue weighted by molar-refractivity contribution is 5.86. The average molecular weight is 276 g/mol. The fourth-order valence-electron chi connectivity index (χ4n) is 2.27. The summed E-state index contributed by atoms with van der Waals surface area (Å²) in [5.74, 6) is -2.80. The molecule has 0 unspecified atom stereocenters. The molecule has 0 radical (unpaired) electrons. The molecule has 1 fully saturated rings. The van der Waals surface area contributed by atoms with Gasteiger partial charge in [-0.05, 0) is 25.0 Å². The Morgan fingerprint density at radius 3 is 2.26 bits per heavy atom. The van der Waals surface area contributed by atoms with E-state index < -0.39 is 23.3 Å². The van der Waals surface area contributed by atoms with Gasteiger partial charge in [0.25, 0.3) is 0 Å². The molecule has 1 aliphatic rings. The minimum absolute atomic E-state index is 0.0357. The van der Waals surface area contributed by atoms with Crippen LogP contribution in [0.25, 0.3) is 0 Å². The Morgan fingerprint density at radius 1 is 1.26 bits per heavy atom. The third-order valence-electron chi connectivity index (χ3n) is 3.43. The van der Waals surface area contributed by atoms with E-state index in [4.69, 9.17) is 0 Å². The molecule has 0 spiro atoms. The highest BCUT2D eigenvalue weighted by atomic mass is 19.4. The number of carbonyl (C=O) groups excluding carboxylic acids is 1. The summed E-state index contributed by atoms with van der Waals surface area (Å²) >= 11 is 0. The van der Waals surface area contributed by atoms with Crippen LogP contribution in [0.3, 0.4) is 0 Å². The number of furan rings is 1. The van der Waals surface area contributed by atoms with Gasteiger partial charge < -0.3 is 9.52 Å². The summed E-state index contributed by atoms with van der Waals surface area (Å²) in [6.45, 7) is 0. The van der Waals surface area contributed by atoms with Crippen molar-refractivity contribution in [3.63, 3.8) is 0 Å². The van der Waals surface area contributed by atoms with Gasteiger partial charge >= 0.3 is 12.1 Å². The van der Waals surface area contributed by atoms with Crippen molar-refractivity contribution < 1.29 is 32.3 Å². The smallest absolute Gasteiger partial charge is 0.449 e. The van der Waals surface area contributed by atoms with Crippen molar-refractivity contribution in [2.45, 2.75) is 37.3 Å². The van der Waals surface area contributed by atoms with Crippen LogP contribution in [0.1, 0.15) is 37.2 Å². The molecule has 0 amide bonds. The molecule has 1 saturated carbocycles. The predicted molar refractivity (Wildman–Crippen MR) is 56.5 cm³/mol. The molecule has 0 aromatic carbocycles. The Bertz CT molecular complexity index is 505. The average Bonchev–Trinajstić information content (AvgIpc) is 2.79. The molecule has 1 N–H and O–H groups in total. The van der Waals surface area contributed by atoms with Crippen LogP contribution in [-0.4, -0.2) is 16.9 Å². The van der Waals surface area contributed by atoms with E-state index in [-0.39, 0.29) is 37.2 Å². The molecule has 19 heavy (non-hydrogen) atoms. The SMILES string of the molecule is O=C1CCC(C(=O)O)(c2ccc(C(F)(F)F)o2)CC1.